The van der Waals surface area contributed by atoms with Crippen LogP contribution in [-0.4, -0.2) is 33.6 Å². The summed E-state index contributed by atoms with van der Waals surface area (Å²) in [4.78, 5) is 12.3. The van der Waals surface area contributed by atoms with Gasteiger partial charge in [-0.15, -0.1) is 0 Å². The van der Waals surface area contributed by atoms with Crippen molar-refractivity contribution in [3.05, 3.63) is 54.1 Å². The van der Waals surface area contributed by atoms with Gasteiger partial charge in [0, 0.05) is 6.42 Å². The zero-order valence-electron chi connectivity index (χ0n) is 14.9. The monoisotopic (exact) mass is 375 g/mol. The van der Waals surface area contributed by atoms with Crippen molar-refractivity contribution in [1.82, 2.24) is 0 Å². The maximum atomic E-state index is 13.2. The van der Waals surface area contributed by atoms with E-state index < -0.39 is 22.0 Å². The number of nitrogens with zero attached hydrogens (tertiary/aromatic N) is 1. The zero-order valence-corrected chi connectivity index (χ0v) is 15.7. The largest absolute Gasteiger partial charge is 0.491 e. The van der Waals surface area contributed by atoms with Gasteiger partial charge < -0.3 is 9.47 Å². The summed E-state index contributed by atoms with van der Waals surface area (Å²) < 4.78 is 38.0. The maximum absolute atomic E-state index is 13.2. The summed E-state index contributed by atoms with van der Waals surface area (Å²) >= 11 is 0. The molecule has 2 aromatic carbocycles. The fourth-order valence-corrected chi connectivity index (χ4v) is 4.69. The number of carbonyl (C=O) groups is 1. The highest BCUT2D eigenvalue weighted by Crippen LogP contribution is 2.37. The van der Waals surface area contributed by atoms with Crippen LogP contribution < -0.4 is 9.04 Å². The van der Waals surface area contributed by atoms with Gasteiger partial charge in [0.1, 0.15) is 11.8 Å². The van der Waals surface area contributed by atoms with Gasteiger partial charge >= 0.3 is 5.97 Å². The lowest BCUT2D eigenvalue weighted by Gasteiger charge is -2.25. The molecular weight excluding hydrogens is 354 g/mol. The number of benzene rings is 2. The fraction of sp³-hybridized carbons (Fsp3) is 0.316. The topological polar surface area (TPSA) is 72.9 Å². The Morgan fingerprint density at radius 3 is 2.38 bits per heavy atom. The molecule has 1 heterocycles. The van der Waals surface area contributed by atoms with Crippen LogP contribution in [0.15, 0.2) is 53.4 Å². The van der Waals surface area contributed by atoms with Crippen molar-refractivity contribution in [3.8, 4) is 5.75 Å². The van der Waals surface area contributed by atoms with Gasteiger partial charge in [0.25, 0.3) is 10.0 Å². The van der Waals surface area contributed by atoms with Crippen molar-refractivity contribution in [2.75, 3.05) is 11.4 Å². The van der Waals surface area contributed by atoms with Gasteiger partial charge in [-0.3, -0.25) is 4.31 Å². The SMILES string of the molecule is COC(=O)[C@@H]1Cc2ccccc2N1S(=O)(=O)c1ccc(OC(C)C)cc1. The minimum absolute atomic E-state index is 0.00776. The molecule has 7 heteroatoms. The molecule has 0 saturated heterocycles. The Morgan fingerprint density at radius 1 is 1.12 bits per heavy atom. The summed E-state index contributed by atoms with van der Waals surface area (Å²) in [7, 11) is -2.67. The van der Waals surface area contributed by atoms with Gasteiger partial charge in [-0.1, -0.05) is 18.2 Å². The highest BCUT2D eigenvalue weighted by atomic mass is 32.2. The molecule has 3 rings (SSSR count). The molecule has 0 bridgehead atoms. The molecule has 0 spiro atoms. The quantitative estimate of drug-likeness (QED) is 0.752. The van der Waals surface area contributed by atoms with Crippen LogP contribution in [0.1, 0.15) is 19.4 Å². The Labute approximate surface area is 153 Å². The molecule has 2 aromatic rings. The lowest BCUT2D eigenvalue weighted by atomic mass is 10.1. The molecule has 0 amide bonds. The molecule has 138 valence electrons. The third-order valence-electron chi connectivity index (χ3n) is 4.15. The molecule has 0 aliphatic carbocycles. The van der Waals surface area contributed by atoms with Crippen LogP contribution in [-0.2, 0) is 26.0 Å². The predicted octanol–water partition coefficient (Wildman–Crippen LogP) is 2.77. The van der Waals surface area contributed by atoms with Crippen LogP contribution in [0.2, 0.25) is 0 Å². The zero-order chi connectivity index (χ0) is 18.9. The number of para-hydroxylation sites is 1. The van der Waals surface area contributed by atoms with Crippen molar-refractivity contribution in [3.63, 3.8) is 0 Å². The van der Waals surface area contributed by atoms with Crippen LogP contribution in [0, 0.1) is 0 Å². The first kappa shape index (κ1) is 18.3. The highest BCUT2D eigenvalue weighted by Gasteiger charge is 2.42. The van der Waals surface area contributed by atoms with Crippen LogP contribution in [0.25, 0.3) is 0 Å². The molecule has 0 radical (unpaired) electrons. The lowest BCUT2D eigenvalue weighted by Crippen LogP contribution is -2.43. The summed E-state index contributed by atoms with van der Waals surface area (Å²) in [5, 5.41) is 0. The van der Waals surface area contributed by atoms with E-state index in [0.717, 1.165) is 9.87 Å². The Hall–Kier alpha value is -2.54. The number of hydrogen-bond donors (Lipinski definition) is 0. The number of carbonyl (C=O) groups excluding carboxylic acids is 1. The standard InChI is InChI=1S/C19H21NO5S/c1-13(2)25-15-8-10-16(11-9-15)26(22,23)20-17-7-5-4-6-14(17)12-18(20)19(21)24-3/h4-11,13,18H,12H2,1-3H3/t18-/m0/s1. The Morgan fingerprint density at radius 2 is 1.77 bits per heavy atom. The third kappa shape index (κ3) is 3.26. The van der Waals surface area contributed by atoms with Crippen molar-refractivity contribution < 1.29 is 22.7 Å². The van der Waals surface area contributed by atoms with Gasteiger partial charge in [0.05, 0.1) is 23.8 Å². The van der Waals surface area contributed by atoms with Gasteiger partial charge in [-0.25, -0.2) is 13.2 Å². The van der Waals surface area contributed by atoms with Gasteiger partial charge in [-0.05, 0) is 49.7 Å². The van der Waals surface area contributed by atoms with E-state index in [0.29, 0.717) is 11.4 Å². The highest BCUT2D eigenvalue weighted by molar-refractivity contribution is 7.93. The van der Waals surface area contributed by atoms with Crippen LogP contribution in [0.5, 0.6) is 5.75 Å². The number of ether oxygens (including phenoxy) is 2. The summed E-state index contributed by atoms with van der Waals surface area (Å²) in [6.07, 6.45) is 0.281. The molecule has 0 saturated carbocycles. The van der Waals surface area contributed by atoms with E-state index in [-0.39, 0.29) is 17.4 Å². The number of rotatable bonds is 5. The molecule has 0 fully saturated rings. The van der Waals surface area contributed by atoms with E-state index in [1.807, 2.05) is 26.0 Å². The average molecular weight is 375 g/mol. The second kappa shape index (κ2) is 6.99. The van der Waals surface area contributed by atoms with Crippen LogP contribution in [0.4, 0.5) is 5.69 Å². The molecular formula is C19H21NO5S. The predicted molar refractivity (Wildman–Crippen MR) is 97.8 cm³/mol. The molecule has 0 N–H and O–H groups in total. The van der Waals surface area contributed by atoms with Crippen molar-refractivity contribution in [2.45, 2.75) is 37.3 Å². The number of anilines is 1. The number of methoxy groups -OCH3 is 1. The third-order valence-corrected chi connectivity index (χ3v) is 5.99. The molecule has 6 nitrogen and oxygen atoms in total. The number of fused-ring (bicyclic) bond motifs is 1. The normalized spacial score (nSPS) is 16.5. The number of hydrogen-bond acceptors (Lipinski definition) is 5. The Kier molecular flexibility index (Phi) is 4.91. The first-order valence-electron chi connectivity index (χ1n) is 8.31. The first-order chi connectivity index (χ1) is 12.3. The summed E-state index contributed by atoms with van der Waals surface area (Å²) in [6, 6.07) is 12.4. The molecule has 1 atom stereocenters. The van der Waals surface area contributed by atoms with E-state index in [4.69, 9.17) is 9.47 Å². The van der Waals surface area contributed by atoms with E-state index in [1.54, 1.807) is 24.3 Å². The second-order valence-corrected chi connectivity index (χ2v) is 8.13. The van der Waals surface area contributed by atoms with Crippen molar-refractivity contribution >= 4 is 21.7 Å². The molecule has 0 aromatic heterocycles. The summed E-state index contributed by atoms with van der Waals surface area (Å²) in [5.41, 5.74) is 1.30. The molecule has 1 aliphatic rings. The fourth-order valence-electron chi connectivity index (χ4n) is 3.05. The van der Waals surface area contributed by atoms with E-state index >= 15 is 0 Å². The first-order valence-corrected chi connectivity index (χ1v) is 9.75. The Bertz CT molecular complexity index is 906. The van der Waals surface area contributed by atoms with Crippen LogP contribution >= 0.6 is 0 Å². The van der Waals surface area contributed by atoms with E-state index in [9.17, 15) is 13.2 Å². The molecule has 0 unspecified atom stereocenters. The molecule has 26 heavy (non-hydrogen) atoms. The van der Waals surface area contributed by atoms with Crippen LogP contribution in [0.3, 0.4) is 0 Å². The van der Waals surface area contributed by atoms with E-state index in [1.165, 1.54) is 19.2 Å². The minimum atomic E-state index is -3.92. The summed E-state index contributed by atoms with van der Waals surface area (Å²) in [5.74, 6) is 0.00910. The Balaban J connectivity index is 2.02. The van der Waals surface area contributed by atoms with Gasteiger partial charge in [0.15, 0.2) is 0 Å². The number of sulfonamides is 1. The molecule has 1 aliphatic heterocycles. The van der Waals surface area contributed by atoms with E-state index in [2.05, 4.69) is 0 Å². The lowest BCUT2D eigenvalue weighted by molar-refractivity contribution is -0.141. The maximum Gasteiger partial charge on any atom is 0.330 e. The smallest absolute Gasteiger partial charge is 0.330 e. The van der Waals surface area contributed by atoms with Crippen molar-refractivity contribution in [1.29, 1.82) is 0 Å². The second-order valence-electron chi connectivity index (χ2n) is 6.31. The van der Waals surface area contributed by atoms with Crippen molar-refractivity contribution in [2.24, 2.45) is 0 Å². The van der Waals surface area contributed by atoms with Gasteiger partial charge in [0.2, 0.25) is 0 Å². The van der Waals surface area contributed by atoms with Gasteiger partial charge in [-0.2, -0.15) is 0 Å². The summed E-state index contributed by atoms with van der Waals surface area (Å²) in [6.45, 7) is 3.79. The number of esters is 1. The average Bonchev–Trinajstić information content (AvgIpc) is 3.01. The minimum Gasteiger partial charge on any atom is -0.491 e.